The molecule has 1 unspecified atom stereocenters. The summed E-state index contributed by atoms with van der Waals surface area (Å²) < 4.78 is 38.0. The lowest BCUT2D eigenvalue weighted by molar-refractivity contribution is -0.137. The number of hydrogen-bond acceptors (Lipinski definition) is 3. The van der Waals surface area contributed by atoms with Crippen LogP contribution in [0.3, 0.4) is 0 Å². The maximum Gasteiger partial charge on any atom is 0.417 e. The normalized spacial score (nSPS) is 13.8. The largest absolute Gasteiger partial charge is 0.417 e. The number of rotatable bonds is 6. The molecule has 3 nitrogen and oxygen atoms in total. The Hall–Kier alpha value is -0.820. The fourth-order valence-electron chi connectivity index (χ4n) is 1.77. The molecule has 0 fully saturated rings. The predicted molar refractivity (Wildman–Crippen MR) is 72.7 cm³/mol. The Kier molecular flexibility index (Phi) is 6.26. The molecular weight excluding hydrogens is 293 g/mol. The molecule has 0 bridgehead atoms. The third-order valence-corrected chi connectivity index (χ3v) is 2.95. The Morgan fingerprint density at radius 3 is 2.55 bits per heavy atom. The minimum absolute atomic E-state index is 0.241. The van der Waals surface area contributed by atoms with Gasteiger partial charge >= 0.3 is 6.18 Å². The number of alkyl halides is 3. The van der Waals surface area contributed by atoms with Gasteiger partial charge < -0.3 is 15.3 Å². The number of benzene rings is 1. The van der Waals surface area contributed by atoms with Gasteiger partial charge in [0.2, 0.25) is 0 Å². The molecule has 20 heavy (non-hydrogen) atoms. The smallest absolute Gasteiger partial charge is 0.390 e. The third-order valence-electron chi connectivity index (χ3n) is 2.62. The van der Waals surface area contributed by atoms with Crippen molar-refractivity contribution in [2.75, 3.05) is 27.2 Å². The second kappa shape index (κ2) is 7.26. The Bertz CT molecular complexity index is 438. The number of aliphatic hydroxyl groups excluding tert-OH is 1. The van der Waals surface area contributed by atoms with Crippen LogP contribution in [-0.2, 0) is 12.7 Å². The van der Waals surface area contributed by atoms with Crippen LogP contribution in [-0.4, -0.2) is 43.3 Å². The molecule has 0 saturated carbocycles. The van der Waals surface area contributed by atoms with Crippen LogP contribution in [0.5, 0.6) is 0 Å². The van der Waals surface area contributed by atoms with Crippen molar-refractivity contribution in [3.05, 3.63) is 34.3 Å². The van der Waals surface area contributed by atoms with Gasteiger partial charge in [-0.1, -0.05) is 17.7 Å². The van der Waals surface area contributed by atoms with Crippen molar-refractivity contribution in [1.29, 1.82) is 0 Å². The molecule has 1 aromatic carbocycles. The van der Waals surface area contributed by atoms with E-state index in [4.69, 9.17) is 11.6 Å². The summed E-state index contributed by atoms with van der Waals surface area (Å²) in [6.45, 7) is 1.04. The molecule has 1 rings (SSSR count). The van der Waals surface area contributed by atoms with E-state index in [1.807, 2.05) is 19.0 Å². The molecule has 0 aliphatic carbocycles. The molecule has 2 N–H and O–H groups in total. The van der Waals surface area contributed by atoms with Crippen LogP contribution in [0.2, 0.25) is 5.02 Å². The second-order valence-electron chi connectivity index (χ2n) is 4.86. The highest BCUT2D eigenvalue weighted by Gasteiger charge is 2.33. The summed E-state index contributed by atoms with van der Waals surface area (Å²) in [5, 5.41) is 12.2. The van der Waals surface area contributed by atoms with Crippen LogP contribution in [0.15, 0.2) is 18.2 Å². The summed E-state index contributed by atoms with van der Waals surface area (Å²) in [5.74, 6) is 0. The molecule has 0 aliphatic rings. The van der Waals surface area contributed by atoms with Crippen molar-refractivity contribution in [2.45, 2.75) is 18.8 Å². The van der Waals surface area contributed by atoms with E-state index in [1.165, 1.54) is 12.1 Å². The zero-order valence-electron chi connectivity index (χ0n) is 11.3. The minimum atomic E-state index is -4.46. The molecule has 114 valence electrons. The molecule has 1 aromatic rings. The summed E-state index contributed by atoms with van der Waals surface area (Å²) in [7, 11) is 3.66. The van der Waals surface area contributed by atoms with Crippen LogP contribution >= 0.6 is 11.6 Å². The van der Waals surface area contributed by atoms with Gasteiger partial charge in [0, 0.05) is 19.6 Å². The number of halogens is 4. The molecule has 7 heteroatoms. The van der Waals surface area contributed by atoms with Crippen LogP contribution in [0.1, 0.15) is 11.1 Å². The maximum absolute atomic E-state index is 12.7. The highest BCUT2D eigenvalue weighted by Crippen LogP contribution is 2.35. The van der Waals surface area contributed by atoms with Crippen LogP contribution < -0.4 is 5.32 Å². The lowest BCUT2D eigenvalue weighted by atomic mass is 10.1. The molecule has 0 heterocycles. The third kappa shape index (κ3) is 5.66. The van der Waals surface area contributed by atoms with E-state index in [9.17, 15) is 18.3 Å². The predicted octanol–water partition coefficient (Wildman–Crippen LogP) is 2.37. The monoisotopic (exact) mass is 310 g/mol. The second-order valence-corrected chi connectivity index (χ2v) is 5.27. The first kappa shape index (κ1) is 17.2. The van der Waals surface area contributed by atoms with Gasteiger partial charge in [0.15, 0.2) is 0 Å². The van der Waals surface area contributed by atoms with E-state index < -0.39 is 17.8 Å². The molecule has 1 atom stereocenters. The summed E-state index contributed by atoms with van der Waals surface area (Å²) in [6, 6.07) is 3.79. The number of likely N-dealkylation sites (N-methyl/N-ethyl adjacent to an activating group) is 1. The first-order chi connectivity index (χ1) is 9.20. The lowest BCUT2D eigenvalue weighted by Gasteiger charge is -2.17. The molecule has 0 saturated heterocycles. The zero-order chi connectivity index (χ0) is 15.3. The first-order valence-electron chi connectivity index (χ1n) is 6.09. The Labute approximate surface area is 121 Å². The number of nitrogens with zero attached hydrogens (tertiary/aromatic N) is 1. The molecule has 0 aromatic heterocycles. The van der Waals surface area contributed by atoms with Gasteiger partial charge in [-0.05, 0) is 31.8 Å². The number of aliphatic hydroxyl groups is 1. The van der Waals surface area contributed by atoms with Gasteiger partial charge in [-0.2, -0.15) is 13.2 Å². The van der Waals surface area contributed by atoms with Gasteiger partial charge in [-0.3, -0.25) is 0 Å². The lowest BCUT2D eigenvalue weighted by Crippen LogP contribution is -2.34. The van der Waals surface area contributed by atoms with E-state index >= 15 is 0 Å². The topological polar surface area (TPSA) is 35.5 Å². The van der Waals surface area contributed by atoms with E-state index in [0.717, 1.165) is 6.07 Å². The van der Waals surface area contributed by atoms with Crippen molar-refractivity contribution in [3.63, 3.8) is 0 Å². The first-order valence-corrected chi connectivity index (χ1v) is 6.47. The Balaban J connectivity index is 2.57. The highest BCUT2D eigenvalue weighted by atomic mass is 35.5. The van der Waals surface area contributed by atoms with Gasteiger partial charge in [-0.25, -0.2) is 0 Å². The van der Waals surface area contributed by atoms with Crippen LogP contribution in [0, 0.1) is 0 Å². The summed E-state index contributed by atoms with van der Waals surface area (Å²) in [4.78, 5) is 1.83. The number of nitrogens with one attached hydrogen (secondary N) is 1. The highest BCUT2D eigenvalue weighted by molar-refractivity contribution is 6.31. The van der Waals surface area contributed by atoms with Crippen molar-refractivity contribution < 1.29 is 18.3 Å². The van der Waals surface area contributed by atoms with Crippen LogP contribution in [0.25, 0.3) is 0 Å². The van der Waals surface area contributed by atoms with Crippen molar-refractivity contribution in [1.82, 2.24) is 10.2 Å². The van der Waals surface area contributed by atoms with E-state index in [2.05, 4.69) is 5.32 Å². The molecule has 0 spiro atoms. The molecular formula is C13H18ClF3N2O. The fourth-order valence-corrected chi connectivity index (χ4v) is 1.99. The quantitative estimate of drug-likeness (QED) is 0.847. The minimum Gasteiger partial charge on any atom is -0.390 e. The summed E-state index contributed by atoms with van der Waals surface area (Å²) in [5.41, 5.74) is -0.369. The van der Waals surface area contributed by atoms with E-state index in [1.54, 1.807) is 0 Å². The van der Waals surface area contributed by atoms with Gasteiger partial charge in [0.05, 0.1) is 16.7 Å². The van der Waals surface area contributed by atoms with E-state index in [0.29, 0.717) is 18.7 Å². The SMILES string of the molecule is CN(C)CC(O)CNCc1ccc(Cl)c(C(F)(F)F)c1. The summed E-state index contributed by atoms with van der Waals surface area (Å²) in [6.07, 6.45) is -5.03. The fraction of sp³-hybridized carbons (Fsp3) is 0.538. The van der Waals surface area contributed by atoms with Crippen LogP contribution in [0.4, 0.5) is 13.2 Å². The zero-order valence-corrected chi connectivity index (χ0v) is 12.1. The molecule has 0 radical (unpaired) electrons. The standard InChI is InChI=1S/C13H18ClF3N2O/c1-19(2)8-10(20)7-18-6-9-3-4-12(14)11(5-9)13(15,16)17/h3-5,10,18,20H,6-8H2,1-2H3. The van der Waals surface area contributed by atoms with Gasteiger partial charge in [0.25, 0.3) is 0 Å². The van der Waals surface area contributed by atoms with Crippen molar-refractivity contribution >= 4 is 11.6 Å². The summed E-state index contributed by atoms with van der Waals surface area (Å²) >= 11 is 5.54. The van der Waals surface area contributed by atoms with Gasteiger partial charge in [0.1, 0.15) is 0 Å². The maximum atomic E-state index is 12.7. The van der Waals surface area contributed by atoms with Crippen molar-refractivity contribution in [3.8, 4) is 0 Å². The van der Waals surface area contributed by atoms with Gasteiger partial charge in [-0.15, -0.1) is 0 Å². The molecule has 0 aliphatic heterocycles. The molecule has 0 amide bonds. The Morgan fingerprint density at radius 1 is 1.35 bits per heavy atom. The number of hydrogen-bond donors (Lipinski definition) is 2. The average molecular weight is 311 g/mol. The van der Waals surface area contributed by atoms with E-state index in [-0.39, 0.29) is 11.6 Å². The van der Waals surface area contributed by atoms with Crippen molar-refractivity contribution in [2.24, 2.45) is 0 Å². The average Bonchev–Trinajstić information content (AvgIpc) is 2.28. The Morgan fingerprint density at radius 2 is 2.00 bits per heavy atom.